The third-order valence-corrected chi connectivity index (χ3v) is 10.8. The van der Waals surface area contributed by atoms with Crippen LogP contribution in [0.1, 0.15) is 43.4 Å². The van der Waals surface area contributed by atoms with Gasteiger partial charge in [0.25, 0.3) is 0 Å². The molecule has 1 unspecified atom stereocenters. The number of rotatable bonds is 7. The Morgan fingerprint density at radius 2 is 1.98 bits per heavy atom. The van der Waals surface area contributed by atoms with Crippen LogP contribution in [0.5, 0.6) is 0 Å². The number of allylic oxidation sites excluding steroid dienone is 1. The molecule has 11 heteroatoms. The molecule has 1 spiro atoms. The summed E-state index contributed by atoms with van der Waals surface area (Å²) >= 11 is 6.83. The summed E-state index contributed by atoms with van der Waals surface area (Å²) in [5.74, 6) is 0.372. The number of anilines is 2. The summed E-state index contributed by atoms with van der Waals surface area (Å²) in [5, 5.41) is 12.4. The predicted molar refractivity (Wildman–Crippen MR) is 178 cm³/mol. The fourth-order valence-corrected chi connectivity index (χ4v) is 8.17. The van der Waals surface area contributed by atoms with E-state index in [1.54, 1.807) is 4.90 Å². The van der Waals surface area contributed by atoms with Crippen LogP contribution < -0.4 is 15.5 Å². The van der Waals surface area contributed by atoms with Crippen LogP contribution in [-0.4, -0.2) is 82.8 Å². The minimum absolute atomic E-state index is 0.107. The number of hydrogen-bond acceptors (Lipinski definition) is 7. The average molecular weight is 644 g/mol. The molecule has 2 saturated heterocycles. The Labute approximate surface area is 273 Å². The van der Waals surface area contributed by atoms with Gasteiger partial charge in [-0.3, -0.25) is 9.36 Å². The summed E-state index contributed by atoms with van der Waals surface area (Å²) in [6, 6.07) is 14.4. The van der Waals surface area contributed by atoms with Gasteiger partial charge in [0.15, 0.2) is 0 Å². The Balaban J connectivity index is 1.31. The summed E-state index contributed by atoms with van der Waals surface area (Å²) in [4.78, 5) is 40.2. The van der Waals surface area contributed by atoms with Crippen LogP contribution in [0.15, 0.2) is 53.3 Å². The maximum atomic E-state index is 14.0. The minimum atomic E-state index is -0.721. The Kier molecular flexibility index (Phi) is 8.24. The summed E-state index contributed by atoms with van der Waals surface area (Å²) in [6.07, 6.45) is 7.51. The number of nitriles is 1. The van der Waals surface area contributed by atoms with E-state index in [9.17, 15) is 19.2 Å². The molecule has 7 rings (SSSR count). The van der Waals surface area contributed by atoms with Gasteiger partial charge in [0, 0.05) is 72.6 Å². The number of halogens is 2. The van der Waals surface area contributed by atoms with E-state index >= 15 is 0 Å². The van der Waals surface area contributed by atoms with Gasteiger partial charge in [-0.1, -0.05) is 35.9 Å². The van der Waals surface area contributed by atoms with Crippen molar-refractivity contribution in [3.63, 3.8) is 0 Å². The van der Waals surface area contributed by atoms with E-state index in [0.29, 0.717) is 43.6 Å². The molecule has 1 aromatic heterocycles. The number of likely N-dealkylation sites (tertiary alicyclic amines) is 1. The number of aromatic nitrogens is 2. The highest BCUT2D eigenvalue weighted by molar-refractivity contribution is 6.36. The molecule has 0 bridgehead atoms. The first-order chi connectivity index (χ1) is 22.3. The van der Waals surface area contributed by atoms with Crippen LogP contribution in [0.25, 0.3) is 10.8 Å². The standard InChI is InChI=1S/C35H39ClFN7O2/c1-40-17-5-8-25(40)22-43-30-23-44(29-10-3-7-24-6-2-9-28(36)32(24)29)35(13-14-35)20-27(30)33(39-34(43)46)41-18-19-42(26(21-41)12-16-38)31(45)11-4-15-37/h2-4,6-7,9-11,25-26H,5,8,12-15,17-23H2,1H3/b11-4+/t25-,26?/m0/s1. The fourth-order valence-electron chi connectivity index (χ4n) is 7.89. The van der Waals surface area contributed by atoms with E-state index in [2.05, 4.69) is 52.1 Å². The van der Waals surface area contributed by atoms with E-state index in [0.717, 1.165) is 66.4 Å². The zero-order valence-corrected chi connectivity index (χ0v) is 26.9. The zero-order valence-electron chi connectivity index (χ0n) is 26.2. The van der Waals surface area contributed by atoms with Crippen molar-refractivity contribution in [2.45, 2.75) is 69.2 Å². The van der Waals surface area contributed by atoms with Gasteiger partial charge >= 0.3 is 5.69 Å². The first-order valence-corrected chi connectivity index (χ1v) is 16.6. The molecule has 3 fully saturated rings. The highest BCUT2D eigenvalue weighted by Gasteiger charge is 2.53. The zero-order chi connectivity index (χ0) is 32.0. The van der Waals surface area contributed by atoms with Crippen LogP contribution in [-0.2, 0) is 24.3 Å². The molecule has 1 saturated carbocycles. The second kappa shape index (κ2) is 12.3. The Morgan fingerprint density at radius 3 is 2.70 bits per heavy atom. The van der Waals surface area contributed by atoms with E-state index in [4.69, 9.17) is 16.6 Å². The number of alkyl halides is 1. The molecule has 3 aliphatic heterocycles. The number of carbonyl (C=O) groups excluding carboxylic acids is 1. The number of amides is 1. The van der Waals surface area contributed by atoms with Crippen molar-refractivity contribution in [2.75, 3.05) is 49.7 Å². The first-order valence-electron chi connectivity index (χ1n) is 16.3. The number of likely N-dealkylation sites (N-methyl/N-ethyl adjacent to an activating group) is 1. The lowest BCUT2D eigenvalue weighted by molar-refractivity contribution is -0.128. The Hall–Kier alpha value is -3.94. The normalized spacial score (nSPS) is 22.5. The number of hydrogen-bond donors (Lipinski definition) is 0. The maximum Gasteiger partial charge on any atom is 0.349 e. The predicted octanol–water partition coefficient (Wildman–Crippen LogP) is 4.70. The molecule has 2 atom stereocenters. The molecule has 46 heavy (non-hydrogen) atoms. The van der Waals surface area contributed by atoms with Crippen molar-refractivity contribution < 1.29 is 9.18 Å². The van der Waals surface area contributed by atoms with Crippen LogP contribution >= 0.6 is 11.6 Å². The van der Waals surface area contributed by atoms with Crippen molar-refractivity contribution in [3.8, 4) is 6.07 Å². The third kappa shape index (κ3) is 5.43. The molecule has 1 aliphatic carbocycles. The van der Waals surface area contributed by atoms with Crippen molar-refractivity contribution in [3.05, 3.63) is 75.3 Å². The monoisotopic (exact) mass is 643 g/mol. The first kappa shape index (κ1) is 30.7. The highest BCUT2D eigenvalue weighted by atomic mass is 35.5. The topological polar surface area (TPSA) is 88.7 Å². The Bertz CT molecular complexity index is 1790. The van der Waals surface area contributed by atoms with Gasteiger partial charge in [-0.05, 0) is 62.9 Å². The number of carbonyl (C=O) groups is 1. The van der Waals surface area contributed by atoms with Crippen LogP contribution in [0.3, 0.4) is 0 Å². The average Bonchev–Trinajstić information content (AvgIpc) is 3.70. The van der Waals surface area contributed by atoms with E-state index in [1.165, 1.54) is 12.2 Å². The van der Waals surface area contributed by atoms with E-state index in [-0.39, 0.29) is 29.6 Å². The van der Waals surface area contributed by atoms with Crippen molar-refractivity contribution in [2.24, 2.45) is 0 Å². The van der Waals surface area contributed by atoms with Crippen LogP contribution in [0.4, 0.5) is 15.9 Å². The van der Waals surface area contributed by atoms with E-state index in [1.807, 2.05) is 16.7 Å². The number of piperazine rings is 1. The number of fused-ring (bicyclic) bond motifs is 2. The van der Waals surface area contributed by atoms with Crippen molar-refractivity contribution >= 4 is 39.8 Å². The van der Waals surface area contributed by atoms with Gasteiger partial charge in [0.05, 0.1) is 30.1 Å². The van der Waals surface area contributed by atoms with Gasteiger partial charge in [0.1, 0.15) is 12.5 Å². The summed E-state index contributed by atoms with van der Waals surface area (Å²) in [5.41, 5.74) is 2.79. The minimum Gasteiger partial charge on any atom is -0.359 e. The molecular formula is C35H39ClFN7O2. The summed E-state index contributed by atoms with van der Waals surface area (Å²) in [6.45, 7) is 2.66. The van der Waals surface area contributed by atoms with Gasteiger partial charge in [-0.2, -0.15) is 10.2 Å². The quantitative estimate of drug-likeness (QED) is 0.345. The smallest absolute Gasteiger partial charge is 0.349 e. The summed E-state index contributed by atoms with van der Waals surface area (Å²) < 4.78 is 14.7. The maximum absolute atomic E-state index is 14.0. The molecule has 0 radical (unpaired) electrons. The number of benzene rings is 2. The molecule has 4 heterocycles. The largest absolute Gasteiger partial charge is 0.359 e. The van der Waals surface area contributed by atoms with Crippen LogP contribution in [0.2, 0.25) is 5.02 Å². The molecule has 1 amide bonds. The molecular weight excluding hydrogens is 605 g/mol. The highest BCUT2D eigenvalue weighted by Crippen LogP contribution is 2.53. The molecule has 2 aromatic carbocycles. The molecule has 240 valence electrons. The molecule has 9 nitrogen and oxygen atoms in total. The lowest BCUT2D eigenvalue weighted by atomic mass is 9.92. The van der Waals surface area contributed by atoms with Crippen molar-refractivity contribution in [1.29, 1.82) is 5.26 Å². The van der Waals surface area contributed by atoms with Crippen molar-refractivity contribution in [1.82, 2.24) is 19.4 Å². The summed E-state index contributed by atoms with van der Waals surface area (Å²) in [7, 11) is 2.12. The molecule has 4 aliphatic rings. The second-order valence-electron chi connectivity index (χ2n) is 13.2. The molecule has 3 aromatic rings. The third-order valence-electron chi connectivity index (χ3n) is 10.5. The lowest BCUT2D eigenvalue weighted by Crippen LogP contribution is -2.56. The second-order valence-corrected chi connectivity index (χ2v) is 13.6. The number of nitrogens with zero attached hydrogens (tertiary/aromatic N) is 7. The van der Waals surface area contributed by atoms with Crippen LogP contribution in [0, 0.1) is 11.3 Å². The Morgan fingerprint density at radius 1 is 1.17 bits per heavy atom. The SMILES string of the molecule is CN1CCC[C@H]1Cn1c2c(c(N3CCN(C(=O)/C=C/CF)C(CC#N)C3)nc1=O)CC1(CC1)N(c1cccc3cccc(Cl)c13)C2. The lowest BCUT2D eigenvalue weighted by Gasteiger charge is -2.44. The fraction of sp³-hybridized carbons (Fsp3) is 0.486. The van der Waals surface area contributed by atoms with Gasteiger partial charge < -0.3 is 19.6 Å². The van der Waals surface area contributed by atoms with Gasteiger partial charge in [-0.15, -0.1) is 0 Å². The van der Waals surface area contributed by atoms with Gasteiger partial charge in [0.2, 0.25) is 5.91 Å². The van der Waals surface area contributed by atoms with E-state index < -0.39 is 12.7 Å². The molecule has 0 N–H and O–H groups in total. The van der Waals surface area contributed by atoms with Gasteiger partial charge in [-0.25, -0.2) is 9.18 Å².